The SMILES string of the molecule is NC1(c2ccc3oc(=O)[nH]c3c2)C=CNC=N1. The predicted molar refractivity (Wildman–Crippen MR) is 63.5 cm³/mol. The molecule has 0 saturated heterocycles. The van der Waals surface area contributed by atoms with Crippen molar-refractivity contribution in [3.63, 3.8) is 0 Å². The van der Waals surface area contributed by atoms with E-state index in [-0.39, 0.29) is 0 Å². The number of H-pyrrole nitrogens is 1. The second-order valence-corrected chi connectivity index (χ2v) is 3.81. The normalized spacial score (nSPS) is 22.9. The van der Waals surface area contributed by atoms with Crippen molar-refractivity contribution < 1.29 is 4.42 Å². The van der Waals surface area contributed by atoms with Gasteiger partial charge in [0, 0.05) is 11.8 Å². The highest BCUT2D eigenvalue weighted by molar-refractivity contribution is 5.73. The van der Waals surface area contributed by atoms with E-state index in [1.165, 1.54) is 6.34 Å². The fourth-order valence-electron chi connectivity index (χ4n) is 1.78. The van der Waals surface area contributed by atoms with E-state index in [9.17, 15) is 4.79 Å². The van der Waals surface area contributed by atoms with Gasteiger partial charge in [-0.15, -0.1) is 0 Å². The molecule has 86 valence electrons. The fraction of sp³-hybridized carbons (Fsp3) is 0.0909. The number of benzene rings is 1. The molecule has 6 nitrogen and oxygen atoms in total. The standard InChI is InChI=1S/C11H10N4O2/c12-11(3-4-13-6-14-11)7-1-2-9-8(5-7)15-10(16)17-9/h1-6H,12H2,(H,13,14)(H,15,16). The number of nitrogens with zero attached hydrogens (tertiary/aromatic N) is 1. The number of aliphatic imine (C=N–C) groups is 1. The molecule has 6 heteroatoms. The zero-order chi connectivity index (χ0) is 11.9. The summed E-state index contributed by atoms with van der Waals surface area (Å²) in [5.41, 5.74) is 7.11. The molecule has 0 radical (unpaired) electrons. The van der Waals surface area contributed by atoms with Crippen LogP contribution in [-0.4, -0.2) is 11.3 Å². The van der Waals surface area contributed by atoms with Crippen LogP contribution in [0.2, 0.25) is 0 Å². The number of aromatic nitrogens is 1. The molecule has 2 aromatic rings. The Bertz CT molecular complexity index is 668. The summed E-state index contributed by atoms with van der Waals surface area (Å²) in [5, 5.41) is 2.82. The highest BCUT2D eigenvalue weighted by Gasteiger charge is 2.24. The molecule has 2 heterocycles. The van der Waals surface area contributed by atoms with Gasteiger partial charge in [-0.25, -0.2) is 9.79 Å². The molecule has 1 aromatic heterocycles. The van der Waals surface area contributed by atoms with E-state index in [1.54, 1.807) is 30.5 Å². The minimum Gasteiger partial charge on any atom is -0.408 e. The lowest BCUT2D eigenvalue weighted by molar-refractivity contribution is 0.555. The molecule has 0 bridgehead atoms. The lowest BCUT2D eigenvalue weighted by Crippen LogP contribution is -2.35. The monoisotopic (exact) mass is 230 g/mol. The summed E-state index contributed by atoms with van der Waals surface area (Å²) in [5.74, 6) is -0.479. The molecule has 4 N–H and O–H groups in total. The molecule has 1 unspecified atom stereocenters. The van der Waals surface area contributed by atoms with Gasteiger partial charge in [0.2, 0.25) is 0 Å². The summed E-state index contributed by atoms with van der Waals surface area (Å²) in [7, 11) is 0. The predicted octanol–water partition coefficient (Wildman–Crippen LogP) is 0.378. The van der Waals surface area contributed by atoms with Crippen LogP contribution in [0.5, 0.6) is 0 Å². The van der Waals surface area contributed by atoms with Gasteiger partial charge in [0.15, 0.2) is 11.2 Å². The summed E-state index contributed by atoms with van der Waals surface area (Å²) in [4.78, 5) is 17.8. The Labute approximate surface area is 95.8 Å². The Morgan fingerprint density at radius 1 is 1.41 bits per heavy atom. The van der Waals surface area contributed by atoms with Crippen molar-refractivity contribution in [1.82, 2.24) is 10.3 Å². The Morgan fingerprint density at radius 3 is 3.06 bits per heavy atom. The third kappa shape index (κ3) is 1.55. The van der Waals surface area contributed by atoms with Crippen molar-refractivity contribution in [3.05, 3.63) is 46.6 Å². The quantitative estimate of drug-likeness (QED) is 0.659. The molecule has 0 amide bonds. The Kier molecular flexibility index (Phi) is 1.93. The first-order valence-corrected chi connectivity index (χ1v) is 5.07. The van der Waals surface area contributed by atoms with Gasteiger partial charge in [-0.05, 0) is 18.2 Å². The van der Waals surface area contributed by atoms with Crippen LogP contribution in [0.15, 0.2) is 44.7 Å². The number of nitrogens with one attached hydrogen (secondary N) is 2. The van der Waals surface area contributed by atoms with Crippen molar-refractivity contribution >= 4 is 17.4 Å². The Balaban J connectivity index is 2.17. The molecule has 1 aliphatic rings. The lowest BCUT2D eigenvalue weighted by Gasteiger charge is -2.23. The number of hydrogen-bond donors (Lipinski definition) is 3. The second-order valence-electron chi connectivity index (χ2n) is 3.81. The van der Waals surface area contributed by atoms with E-state index in [0.29, 0.717) is 11.1 Å². The van der Waals surface area contributed by atoms with E-state index in [0.717, 1.165) is 5.56 Å². The van der Waals surface area contributed by atoms with Crippen LogP contribution < -0.4 is 16.8 Å². The van der Waals surface area contributed by atoms with Crippen LogP contribution in [0, 0.1) is 0 Å². The van der Waals surface area contributed by atoms with Crippen LogP contribution >= 0.6 is 0 Å². The van der Waals surface area contributed by atoms with Gasteiger partial charge < -0.3 is 9.73 Å². The molecule has 17 heavy (non-hydrogen) atoms. The zero-order valence-electron chi connectivity index (χ0n) is 8.81. The van der Waals surface area contributed by atoms with Crippen molar-refractivity contribution in [2.45, 2.75) is 5.66 Å². The van der Waals surface area contributed by atoms with E-state index < -0.39 is 11.4 Å². The van der Waals surface area contributed by atoms with Crippen LogP contribution in [-0.2, 0) is 5.66 Å². The molecule has 3 rings (SSSR count). The number of nitrogens with two attached hydrogens (primary N) is 1. The largest absolute Gasteiger partial charge is 0.417 e. The topological polar surface area (TPSA) is 96.4 Å². The molecule has 1 atom stereocenters. The van der Waals surface area contributed by atoms with Crippen molar-refractivity contribution in [3.8, 4) is 0 Å². The van der Waals surface area contributed by atoms with Gasteiger partial charge in [-0.2, -0.15) is 0 Å². The number of aromatic amines is 1. The maximum absolute atomic E-state index is 11.0. The third-order valence-corrected chi connectivity index (χ3v) is 2.67. The molecule has 1 aliphatic heterocycles. The minimum absolute atomic E-state index is 0.479. The number of rotatable bonds is 1. The minimum atomic E-state index is -0.909. The van der Waals surface area contributed by atoms with Gasteiger partial charge in [-0.3, -0.25) is 10.7 Å². The zero-order valence-corrected chi connectivity index (χ0v) is 8.81. The molecular weight excluding hydrogens is 220 g/mol. The van der Waals surface area contributed by atoms with E-state index in [4.69, 9.17) is 10.2 Å². The van der Waals surface area contributed by atoms with Gasteiger partial charge >= 0.3 is 5.76 Å². The first-order valence-electron chi connectivity index (χ1n) is 5.07. The Morgan fingerprint density at radius 2 is 2.29 bits per heavy atom. The molecule has 0 fully saturated rings. The molecular formula is C11H10N4O2. The number of hydrogen-bond acceptors (Lipinski definition) is 5. The maximum Gasteiger partial charge on any atom is 0.417 e. The van der Waals surface area contributed by atoms with Crippen molar-refractivity contribution in [2.75, 3.05) is 0 Å². The average molecular weight is 230 g/mol. The van der Waals surface area contributed by atoms with E-state index in [2.05, 4.69) is 15.3 Å². The van der Waals surface area contributed by atoms with Gasteiger partial charge in [0.25, 0.3) is 0 Å². The van der Waals surface area contributed by atoms with Crippen LogP contribution in [0.1, 0.15) is 5.56 Å². The van der Waals surface area contributed by atoms with Gasteiger partial charge in [0.1, 0.15) is 0 Å². The van der Waals surface area contributed by atoms with Crippen LogP contribution in [0.4, 0.5) is 0 Å². The molecule has 0 spiro atoms. The van der Waals surface area contributed by atoms with Crippen molar-refractivity contribution in [2.24, 2.45) is 10.7 Å². The smallest absolute Gasteiger partial charge is 0.408 e. The van der Waals surface area contributed by atoms with Crippen molar-refractivity contribution in [1.29, 1.82) is 0 Å². The number of fused-ring (bicyclic) bond motifs is 1. The van der Waals surface area contributed by atoms with E-state index >= 15 is 0 Å². The first-order chi connectivity index (χ1) is 8.17. The highest BCUT2D eigenvalue weighted by atomic mass is 16.4. The van der Waals surface area contributed by atoms with Crippen LogP contribution in [0.3, 0.4) is 0 Å². The van der Waals surface area contributed by atoms with Gasteiger partial charge in [-0.1, -0.05) is 6.07 Å². The summed E-state index contributed by atoms with van der Waals surface area (Å²) < 4.78 is 4.92. The lowest BCUT2D eigenvalue weighted by atomic mass is 10.00. The molecule has 1 aromatic carbocycles. The number of oxazole rings is 1. The second kappa shape index (κ2) is 3.33. The molecule has 0 aliphatic carbocycles. The fourth-order valence-corrected chi connectivity index (χ4v) is 1.78. The third-order valence-electron chi connectivity index (χ3n) is 2.67. The maximum atomic E-state index is 11.0. The summed E-state index contributed by atoms with van der Waals surface area (Å²) in [6.45, 7) is 0. The van der Waals surface area contributed by atoms with E-state index in [1.807, 2.05) is 0 Å². The first kappa shape index (κ1) is 9.86. The summed E-state index contributed by atoms with van der Waals surface area (Å²) >= 11 is 0. The Hall–Kier alpha value is -2.34. The highest BCUT2D eigenvalue weighted by Crippen LogP contribution is 2.25. The van der Waals surface area contributed by atoms with Crippen LogP contribution in [0.25, 0.3) is 11.1 Å². The average Bonchev–Trinajstić information content (AvgIpc) is 2.69. The summed E-state index contributed by atoms with van der Waals surface area (Å²) in [6.07, 6.45) is 4.99. The van der Waals surface area contributed by atoms with Gasteiger partial charge in [0.05, 0.1) is 11.9 Å². The summed E-state index contributed by atoms with van der Waals surface area (Å²) in [6, 6.07) is 5.24. The molecule has 0 saturated carbocycles.